The van der Waals surface area contributed by atoms with Gasteiger partial charge in [0.1, 0.15) is 11.6 Å². The maximum atomic E-state index is 12.6. The Balaban J connectivity index is 1.35. The normalized spacial score (nSPS) is 17.6. The molecule has 2 N–H and O–H groups in total. The van der Waals surface area contributed by atoms with Crippen molar-refractivity contribution >= 4 is 35.2 Å². The largest absolute Gasteiger partial charge is 0.379 e. The molecule has 7 heteroatoms. The summed E-state index contributed by atoms with van der Waals surface area (Å²) in [7, 11) is 0. The van der Waals surface area contributed by atoms with Gasteiger partial charge in [-0.15, -0.1) is 0 Å². The fraction of sp³-hybridized carbons (Fsp3) is 0.227. The first-order valence-electron chi connectivity index (χ1n) is 9.46. The third kappa shape index (κ3) is 4.49. The molecule has 1 aliphatic carbocycles. The SMILES string of the molecule is C=Cn1cc(CNc2ccnc(NC(=O)[C@H]3C[C@@H]3c3cccc(Cl)c3)c2)nc1C. The monoisotopic (exact) mass is 407 g/mol. The average molecular weight is 408 g/mol. The Kier molecular flexibility index (Phi) is 5.36. The van der Waals surface area contributed by atoms with Gasteiger partial charge in [-0.05, 0) is 43.0 Å². The predicted octanol–water partition coefficient (Wildman–Crippen LogP) is 4.69. The molecule has 4 rings (SSSR count). The Morgan fingerprint density at radius 2 is 2.24 bits per heavy atom. The van der Waals surface area contributed by atoms with Crippen molar-refractivity contribution in [2.24, 2.45) is 5.92 Å². The highest BCUT2D eigenvalue weighted by molar-refractivity contribution is 6.30. The topological polar surface area (TPSA) is 71.8 Å². The van der Waals surface area contributed by atoms with E-state index in [4.69, 9.17) is 11.6 Å². The van der Waals surface area contributed by atoms with Crippen LogP contribution in [0.4, 0.5) is 11.5 Å². The summed E-state index contributed by atoms with van der Waals surface area (Å²) in [6, 6.07) is 11.4. The van der Waals surface area contributed by atoms with Gasteiger partial charge in [-0.2, -0.15) is 0 Å². The molecule has 6 nitrogen and oxygen atoms in total. The lowest BCUT2D eigenvalue weighted by Crippen LogP contribution is -2.15. The van der Waals surface area contributed by atoms with E-state index >= 15 is 0 Å². The van der Waals surface area contributed by atoms with Gasteiger partial charge in [0.2, 0.25) is 5.91 Å². The summed E-state index contributed by atoms with van der Waals surface area (Å²) in [6.45, 7) is 6.26. The second-order valence-corrected chi connectivity index (χ2v) is 7.58. The van der Waals surface area contributed by atoms with Crippen LogP contribution < -0.4 is 10.6 Å². The van der Waals surface area contributed by atoms with Crippen molar-refractivity contribution in [3.05, 3.63) is 77.5 Å². The van der Waals surface area contributed by atoms with Gasteiger partial charge < -0.3 is 15.2 Å². The molecular formula is C22H22ClN5O. The Bertz CT molecular complexity index is 1060. The van der Waals surface area contributed by atoms with Gasteiger partial charge in [-0.1, -0.05) is 30.3 Å². The number of hydrogen-bond donors (Lipinski definition) is 2. The predicted molar refractivity (Wildman–Crippen MR) is 116 cm³/mol. The second kappa shape index (κ2) is 8.09. The van der Waals surface area contributed by atoms with Gasteiger partial charge in [0.25, 0.3) is 0 Å². The van der Waals surface area contributed by atoms with E-state index in [0.717, 1.165) is 29.2 Å². The maximum absolute atomic E-state index is 12.6. The Morgan fingerprint density at radius 1 is 1.38 bits per heavy atom. The minimum absolute atomic E-state index is 0.0139. The van der Waals surface area contributed by atoms with Crippen LogP contribution in [0.15, 0.2) is 55.4 Å². The van der Waals surface area contributed by atoms with E-state index in [-0.39, 0.29) is 17.7 Å². The molecule has 0 unspecified atom stereocenters. The van der Waals surface area contributed by atoms with Crippen molar-refractivity contribution in [2.75, 3.05) is 10.6 Å². The lowest BCUT2D eigenvalue weighted by Gasteiger charge is -2.08. The minimum Gasteiger partial charge on any atom is -0.379 e. The molecule has 1 saturated carbocycles. The molecule has 0 aliphatic heterocycles. The molecule has 0 radical (unpaired) electrons. The number of anilines is 2. The third-order valence-corrected chi connectivity index (χ3v) is 5.29. The summed E-state index contributed by atoms with van der Waals surface area (Å²) in [5.41, 5.74) is 2.88. The van der Waals surface area contributed by atoms with E-state index in [0.29, 0.717) is 17.4 Å². The van der Waals surface area contributed by atoms with Gasteiger partial charge >= 0.3 is 0 Å². The highest BCUT2D eigenvalue weighted by Gasteiger charge is 2.44. The molecule has 1 amide bonds. The van der Waals surface area contributed by atoms with Crippen LogP contribution >= 0.6 is 11.6 Å². The number of hydrogen-bond acceptors (Lipinski definition) is 4. The first-order chi connectivity index (χ1) is 14.0. The number of halogens is 1. The highest BCUT2D eigenvalue weighted by atomic mass is 35.5. The summed E-state index contributed by atoms with van der Waals surface area (Å²) in [5.74, 6) is 1.58. The molecule has 148 valence electrons. The van der Waals surface area contributed by atoms with Crippen LogP contribution in [-0.2, 0) is 11.3 Å². The Hall–Kier alpha value is -3.12. The smallest absolute Gasteiger partial charge is 0.229 e. The molecular weight excluding hydrogens is 386 g/mol. The zero-order valence-corrected chi connectivity index (χ0v) is 16.9. The first-order valence-corrected chi connectivity index (χ1v) is 9.84. The zero-order chi connectivity index (χ0) is 20.4. The quantitative estimate of drug-likeness (QED) is 0.595. The molecule has 1 aliphatic rings. The number of benzene rings is 1. The fourth-order valence-corrected chi connectivity index (χ4v) is 3.63. The second-order valence-electron chi connectivity index (χ2n) is 7.15. The third-order valence-electron chi connectivity index (χ3n) is 5.05. The molecule has 0 bridgehead atoms. The van der Waals surface area contributed by atoms with E-state index in [1.807, 2.05) is 54.1 Å². The van der Waals surface area contributed by atoms with Gasteiger partial charge in [0.05, 0.1) is 12.2 Å². The van der Waals surface area contributed by atoms with Crippen LogP contribution in [0.25, 0.3) is 6.20 Å². The summed E-state index contributed by atoms with van der Waals surface area (Å²) in [5, 5.41) is 6.93. The highest BCUT2D eigenvalue weighted by Crippen LogP contribution is 2.48. The van der Waals surface area contributed by atoms with Crippen LogP contribution in [0.1, 0.15) is 29.4 Å². The molecule has 1 fully saturated rings. The van der Waals surface area contributed by atoms with Crippen molar-refractivity contribution in [3.63, 3.8) is 0 Å². The molecule has 0 spiro atoms. The van der Waals surface area contributed by atoms with Crippen molar-refractivity contribution in [2.45, 2.75) is 25.8 Å². The standard InChI is InChI=1S/C22H22ClN5O/c1-3-28-13-18(26-14(28)2)12-25-17-7-8-24-21(10-17)27-22(29)20-11-19(20)15-5-4-6-16(23)9-15/h3-10,13,19-20H,1,11-12H2,2H3,(H2,24,25,27,29)/t19-,20+/m1/s1. The molecule has 2 atom stereocenters. The Morgan fingerprint density at radius 3 is 3.00 bits per heavy atom. The number of amides is 1. The fourth-order valence-electron chi connectivity index (χ4n) is 3.43. The van der Waals surface area contributed by atoms with Gasteiger partial charge in [-0.3, -0.25) is 4.79 Å². The van der Waals surface area contributed by atoms with Crippen LogP contribution in [0, 0.1) is 12.8 Å². The number of pyridine rings is 1. The molecule has 0 saturated heterocycles. The van der Waals surface area contributed by atoms with Crippen molar-refractivity contribution in [1.82, 2.24) is 14.5 Å². The van der Waals surface area contributed by atoms with Crippen LogP contribution in [0.2, 0.25) is 5.02 Å². The maximum Gasteiger partial charge on any atom is 0.229 e. The van der Waals surface area contributed by atoms with E-state index in [2.05, 4.69) is 27.2 Å². The number of rotatable bonds is 7. The average Bonchev–Trinajstić information content (AvgIpc) is 3.43. The zero-order valence-electron chi connectivity index (χ0n) is 16.1. The van der Waals surface area contributed by atoms with Crippen LogP contribution in [0.5, 0.6) is 0 Å². The summed E-state index contributed by atoms with van der Waals surface area (Å²) < 4.78 is 1.88. The van der Waals surface area contributed by atoms with E-state index in [1.54, 1.807) is 12.4 Å². The summed E-state index contributed by atoms with van der Waals surface area (Å²) in [6.07, 6.45) is 6.16. The Labute approximate surface area is 174 Å². The number of aryl methyl sites for hydroxylation is 1. The molecule has 2 aromatic heterocycles. The van der Waals surface area contributed by atoms with Gasteiger partial charge in [0, 0.05) is 41.3 Å². The lowest BCUT2D eigenvalue weighted by atomic mass is 10.1. The van der Waals surface area contributed by atoms with Gasteiger partial charge in [-0.25, -0.2) is 9.97 Å². The van der Waals surface area contributed by atoms with Crippen molar-refractivity contribution in [1.29, 1.82) is 0 Å². The van der Waals surface area contributed by atoms with Crippen molar-refractivity contribution < 1.29 is 4.79 Å². The summed E-state index contributed by atoms with van der Waals surface area (Å²) in [4.78, 5) is 21.3. The van der Waals surface area contributed by atoms with E-state index < -0.39 is 0 Å². The number of carbonyl (C=O) groups excluding carboxylic acids is 1. The number of nitrogens with one attached hydrogen (secondary N) is 2. The number of nitrogens with zero attached hydrogens (tertiary/aromatic N) is 3. The lowest BCUT2D eigenvalue weighted by molar-refractivity contribution is -0.117. The molecule has 1 aromatic carbocycles. The van der Waals surface area contributed by atoms with Crippen LogP contribution in [-0.4, -0.2) is 20.4 Å². The molecule has 3 aromatic rings. The van der Waals surface area contributed by atoms with E-state index in [9.17, 15) is 4.79 Å². The van der Waals surface area contributed by atoms with Crippen molar-refractivity contribution in [3.8, 4) is 0 Å². The first kappa shape index (κ1) is 19.2. The van der Waals surface area contributed by atoms with E-state index in [1.165, 1.54) is 0 Å². The number of aromatic nitrogens is 3. The van der Waals surface area contributed by atoms with Gasteiger partial charge in [0.15, 0.2) is 0 Å². The molecule has 29 heavy (non-hydrogen) atoms. The number of carbonyl (C=O) groups is 1. The minimum atomic E-state index is -0.0438. The van der Waals surface area contributed by atoms with Crippen LogP contribution in [0.3, 0.4) is 0 Å². The number of imidazole rings is 1. The molecule has 2 heterocycles. The summed E-state index contributed by atoms with van der Waals surface area (Å²) >= 11 is 6.06.